The summed E-state index contributed by atoms with van der Waals surface area (Å²) >= 11 is 0. The van der Waals surface area contributed by atoms with Crippen molar-refractivity contribution in [3.05, 3.63) is 29.8 Å². The summed E-state index contributed by atoms with van der Waals surface area (Å²) in [5.41, 5.74) is 23.7. The smallest absolute Gasteiger partial charge is 0.240 e. The highest BCUT2D eigenvalue weighted by Crippen LogP contribution is 2.27. The number of primary amides is 1. The Labute approximate surface area is 166 Å². The molecule has 2 atom stereocenters. The van der Waals surface area contributed by atoms with Gasteiger partial charge in [0, 0.05) is 0 Å². The summed E-state index contributed by atoms with van der Waals surface area (Å²) in [4.78, 5) is 28.1. The first-order valence-corrected chi connectivity index (χ1v) is 9.89. The van der Waals surface area contributed by atoms with Crippen molar-refractivity contribution in [1.29, 1.82) is 0 Å². The minimum Gasteiger partial charge on any atom is -0.370 e. The SMILES string of the molecule is NC(=O)[C@@H](CCC1CCCCC1)NC(=O)[C@@H](N)Cc1ccc(N=C(N)N)cc1. The highest BCUT2D eigenvalue weighted by molar-refractivity contribution is 5.89. The summed E-state index contributed by atoms with van der Waals surface area (Å²) in [6.07, 6.45) is 7.94. The van der Waals surface area contributed by atoms with Crippen LogP contribution in [0.2, 0.25) is 0 Å². The van der Waals surface area contributed by atoms with Crippen LogP contribution in [0.3, 0.4) is 0 Å². The average molecular weight is 389 g/mol. The van der Waals surface area contributed by atoms with Gasteiger partial charge in [-0.05, 0) is 42.9 Å². The van der Waals surface area contributed by atoms with E-state index < -0.39 is 18.0 Å². The van der Waals surface area contributed by atoms with Gasteiger partial charge in [0.1, 0.15) is 6.04 Å². The molecule has 9 N–H and O–H groups in total. The van der Waals surface area contributed by atoms with E-state index in [4.69, 9.17) is 22.9 Å². The number of nitrogens with two attached hydrogens (primary N) is 4. The first-order valence-electron chi connectivity index (χ1n) is 9.89. The van der Waals surface area contributed by atoms with Crippen molar-refractivity contribution in [3.8, 4) is 0 Å². The van der Waals surface area contributed by atoms with E-state index in [2.05, 4.69) is 10.3 Å². The lowest BCUT2D eigenvalue weighted by Crippen LogP contribution is -2.51. The van der Waals surface area contributed by atoms with Gasteiger partial charge >= 0.3 is 0 Å². The molecular formula is C20H32N6O2. The summed E-state index contributed by atoms with van der Waals surface area (Å²) in [6, 6.07) is 5.66. The molecule has 1 fully saturated rings. The van der Waals surface area contributed by atoms with Crippen molar-refractivity contribution in [2.75, 3.05) is 0 Å². The van der Waals surface area contributed by atoms with Crippen molar-refractivity contribution in [3.63, 3.8) is 0 Å². The fraction of sp³-hybridized carbons (Fsp3) is 0.550. The lowest BCUT2D eigenvalue weighted by atomic mass is 9.85. The Morgan fingerprint density at radius 1 is 1.07 bits per heavy atom. The Kier molecular flexibility index (Phi) is 8.25. The molecule has 8 heteroatoms. The Morgan fingerprint density at radius 3 is 2.29 bits per heavy atom. The van der Waals surface area contributed by atoms with E-state index in [0.717, 1.165) is 12.0 Å². The zero-order chi connectivity index (χ0) is 20.5. The second-order valence-corrected chi connectivity index (χ2v) is 7.56. The van der Waals surface area contributed by atoms with Gasteiger partial charge in [-0.25, -0.2) is 4.99 Å². The van der Waals surface area contributed by atoms with E-state index in [-0.39, 0.29) is 11.9 Å². The van der Waals surface area contributed by atoms with Gasteiger partial charge < -0.3 is 28.3 Å². The van der Waals surface area contributed by atoms with Crippen LogP contribution in [0.4, 0.5) is 5.69 Å². The van der Waals surface area contributed by atoms with Crippen molar-refractivity contribution in [2.24, 2.45) is 33.8 Å². The minimum atomic E-state index is -0.773. The maximum Gasteiger partial charge on any atom is 0.240 e. The molecule has 154 valence electrons. The second-order valence-electron chi connectivity index (χ2n) is 7.56. The standard InChI is InChI=1S/C20H32N6O2/c21-16(12-14-6-9-15(10-7-14)25-20(23)24)19(28)26-17(18(22)27)11-8-13-4-2-1-3-5-13/h6-7,9-10,13,16-17H,1-5,8,11-12,21H2,(H2,22,27)(H,26,28)(H4,23,24,25)/t16-,17+/m0/s1. The van der Waals surface area contributed by atoms with Crippen molar-refractivity contribution in [1.82, 2.24) is 5.32 Å². The molecule has 0 radical (unpaired) electrons. The van der Waals surface area contributed by atoms with E-state index in [1.807, 2.05) is 12.1 Å². The highest BCUT2D eigenvalue weighted by Gasteiger charge is 2.24. The number of carbonyl (C=O) groups excluding carboxylic acids is 2. The fourth-order valence-electron chi connectivity index (χ4n) is 3.64. The number of benzene rings is 1. The van der Waals surface area contributed by atoms with Gasteiger partial charge in [-0.15, -0.1) is 0 Å². The number of amides is 2. The van der Waals surface area contributed by atoms with E-state index >= 15 is 0 Å². The molecule has 0 spiro atoms. The lowest BCUT2D eigenvalue weighted by Gasteiger charge is -2.24. The molecule has 2 rings (SSSR count). The summed E-state index contributed by atoms with van der Waals surface area (Å²) < 4.78 is 0. The molecule has 0 heterocycles. The maximum absolute atomic E-state index is 12.4. The predicted molar refractivity (Wildman–Crippen MR) is 111 cm³/mol. The number of hydrogen-bond acceptors (Lipinski definition) is 4. The number of nitrogens with one attached hydrogen (secondary N) is 1. The van der Waals surface area contributed by atoms with Crippen LogP contribution in [0.15, 0.2) is 29.3 Å². The maximum atomic E-state index is 12.4. The van der Waals surface area contributed by atoms with Gasteiger partial charge in [0.05, 0.1) is 11.7 Å². The molecule has 28 heavy (non-hydrogen) atoms. The molecule has 1 aromatic rings. The molecule has 1 aliphatic rings. The van der Waals surface area contributed by atoms with Gasteiger partial charge in [-0.2, -0.15) is 0 Å². The Bertz CT molecular complexity index is 678. The van der Waals surface area contributed by atoms with Crippen LogP contribution in [-0.4, -0.2) is 29.9 Å². The van der Waals surface area contributed by atoms with Gasteiger partial charge in [0.15, 0.2) is 5.96 Å². The summed E-state index contributed by atoms with van der Waals surface area (Å²) in [6.45, 7) is 0. The van der Waals surface area contributed by atoms with Gasteiger partial charge in [-0.3, -0.25) is 9.59 Å². The van der Waals surface area contributed by atoms with E-state index in [1.54, 1.807) is 12.1 Å². The van der Waals surface area contributed by atoms with Crippen molar-refractivity contribution in [2.45, 2.75) is 63.5 Å². The van der Waals surface area contributed by atoms with Gasteiger partial charge in [-0.1, -0.05) is 44.2 Å². The monoisotopic (exact) mass is 388 g/mol. The number of rotatable bonds is 9. The molecule has 0 unspecified atom stereocenters. The topological polar surface area (TPSA) is 163 Å². The predicted octanol–water partition coefficient (Wildman–Crippen LogP) is 0.792. The molecule has 0 aromatic heterocycles. The molecule has 1 aliphatic carbocycles. The van der Waals surface area contributed by atoms with Crippen LogP contribution in [0.5, 0.6) is 0 Å². The van der Waals surface area contributed by atoms with Crippen molar-refractivity contribution < 1.29 is 9.59 Å². The van der Waals surface area contributed by atoms with Crippen LogP contribution in [-0.2, 0) is 16.0 Å². The van der Waals surface area contributed by atoms with E-state index in [9.17, 15) is 9.59 Å². The number of guanidine groups is 1. The Balaban J connectivity index is 1.85. The molecule has 0 aliphatic heterocycles. The van der Waals surface area contributed by atoms with Crippen LogP contribution >= 0.6 is 0 Å². The number of hydrogen-bond donors (Lipinski definition) is 5. The number of carbonyl (C=O) groups is 2. The molecule has 2 amide bonds. The normalized spacial score (nSPS) is 16.8. The van der Waals surface area contributed by atoms with E-state index in [0.29, 0.717) is 24.4 Å². The first kappa shape index (κ1) is 21.7. The quantitative estimate of drug-likeness (QED) is 0.311. The Morgan fingerprint density at radius 2 is 1.71 bits per heavy atom. The highest BCUT2D eigenvalue weighted by atomic mass is 16.2. The third-order valence-electron chi connectivity index (χ3n) is 5.24. The minimum absolute atomic E-state index is 0.0189. The van der Waals surface area contributed by atoms with Crippen molar-refractivity contribution >= 4 is 23.5 Å². The first-order chi connectivity index (χ1) is 13.3. The summed E-state index contributed by atoms with van der Waals surface area (Å²) in [5.74, 6) is -0.293. The molecule has 0 bridgehead atoms. The van der Waals surface area contributed by atoms with Crippen LogP contribution in [0, 0.1) is 5.92 Å². The largest absolute Gasteiger partial charge is 0.370 e. The zero-order valence-corrected chi connectivity index (χ0v) is 16.3. The summed E-state index contributed by atoms with van der Waals surface area (Å²) in [5, 5.41) is 2.72. The van der Waals surface area contributed by atoms with Crippen LogP contribution < -0.4 is 28.3 Å². The third kappa shape index (κ3) is 7.19. The van der Waals surface area contributed by atoms with Crippen LogP contribution in [0.1, 0.15) is 50.5 Å². The van der Waals surface area contributed by atoms with E-state index in [1.165, 1.54) is 32.1 Å². The molecule has 0 saturated heterocycles. The molecule has 1 saturated carbocycles. The number of nitrogens with zero attached hydrogens (tertiary/aromatic N) is 1. The van der Waals surface area contributed by atoms with Gasteiger partial charge in [0.25, 0.3) is 0 Å². The summed E-state index contributed by atoms with van der Waals surface area (Å²) in [7, 11) is 0. The second kappa shape index (κ2) is 10.7. The molecule has 8 nitrogen and oxygen atoms in total. The zero-order valence-electron chi connectivity index (χ0n) is 16.3. The molecular weight excluding hydrogens is 356 g/mol. The Hall–Kier alpha value is -2.61. The average Bonchev–Trinajstić information content (AvgIpc) is 2.66. The van der Waals surface area contributed by atoms with Gasteiger partial charge in [0.2, 0.25) is 11.8 Å². The molecule has 1 aromatic carbocycles. The van der Waals surface area contributed by atoms with Crippen LogP contribution in [0.25, 0.3) is 0 Å². The number of aliphatic imine (C=N–C) groups is 1. The lowest BCUT2D eigenvalue weighted by molar-refractivity contribution is -0.128. The fourth-order valence-corrected chi connectivity index (χ4v) is 3.64. The third-order valence-corrected chi connectivity index (χ3v) is 5.24.